The maximum absolute atomic E-state index is 5.76. The normalized spacial score (nSPS) is 13.0. The fourth-order valence-corrected chi connectivity index (χ4v) is 3.30. The van der Waals surface area contributed by atoms with E-state index in [1.54, 1.807) is 22.7 Å². The Morgan fingerprint density at radius 1 is 1.38 bits per heavy atom. The predicted octanol–water partition coefficient (Wildman–Crippen LogP) is 2.77. The molecule has 0 bridgehead atoms. The van der Waals surface area contributed by atoms with Crippen LogP contribution in [0.4, 0.5) is 0 Å². The predicted molar refractivity (Wildman–Crippen MR) is 70.0 cm³/mol. The van der Waals surface area contributed by atoms with Crippen LogP contribution in [-0.2, 0) is 6.42 Å². The summed E-state index contributed by atoms with van der Waals surface area (Å²) in [5.74, 6) is 0. The molecular weight excluding hydrogens is 238 g/mol. The zero-order valence-corrected chi connectivity index (χ0v) is 11.3. The monoisotopic (exact) mass is 253 g/mol. The van der Waals surface area contributed by atoms with Gasteiger partial charge in [0.1, 0.15) is 11.4 Å². The topological polar surface area (TPSA) is 51.8 Å². The Balaban J connectivity index is 2.28. The van der Waals surface area contributed by atoms with E-state index in [0.29, 0.717) is 0 Å². The van der Waals surface area contributed by atoms with E-state index in [-0.39, 0.29) is 6.04 Å². The molecule has 0 amide bonds. The van der Waals surface area contributed by atoms with Crippen LogP contribution in [0.2, 0.25) is 0 Å². The van der Waals surface area contributed by atoms with E-state index in [4.69, 9.17) is 5.73 Å². The summed E-state index contributed by atoms with van der Waals surface area (Å²) in [7, 11) is 0. The van der Waals surface area contributed by atoms with Gasteiger partial charge in [-0.15, -0.1) is 22.7 Å². The molecule has 0 aliphatic carbocycles. The molecule has 3 nitrogen and oxygen atoms in total. The van der Waals surface area contributed by atoms with Crippen LogP contribution in [-0.4, -0.2) is 16.0 Å². The van der Waals surface area contributed by atoms with Gasteiger partial charge in [0.05, 0.1) is 10.0 Å². The van der Waals surface area contributed by atoms with Crippen molar-refractivity contribution >= 4 is 22.7 Å². The largest absolute Gasteiger partial charge is 0.328 e. The van der Waals surface area contributed by atoms with Gasteiger partial charge in [0.2, 0.25) is 0 Å². The average Bonchev–Trinajstić information content (AvgIpc) is 2.72. The van der Waals surface area contributed by atoms with Gasteiger partial charge in [-0.25, -0.2) is 9.97 Å². The van der Waals surface area contributed by atoms with Crippen molar-refractivity contribution in [3.8, 4) is 11.4 Å². The number of aryl methyl sites for hydroxylation is 2. The third kappa shape index (κ3) is 2.48. The summed E-state index contributed by atoms with van der Waals surface area (Å²) in [4.78, 5) is 10.3. The number of rotatable bonds is 3. The molecule has 2 heterocycles. The molecule has 2 aromatic heterocycles. The first-order valence-corrected chi connectivity index (χ1v) is 6.90. The highest BCUT2D eigenvalue weighted by molar-refractivity contribution is 7.12. The molecular formula is C11H15N3S2. The number of hydrogen-bond donors (Lipinski definition) is 1. The first kappa shape index (κ1) is 11.7. The van der Waals surface area contributed by atoms with Gasteiger partial charge in [-0.3, -0.25) is 0 Å². The summed E-state index contributed by atoms with van der Waals surface area (Å²) < 4.78 is 0. The van der Waals surface area contributed by atoms with Crippen LogP contribution in [0.15, 0.2) is 5.38 Å². The average molecular weight is 253 g/mol. The Labute approximate surface area is 103 Å². The molecule has 5 heteroatoms. The molecule has 0 aliphatic heterocycles. The molecule has 0 fully saturated rings. The van der Waals surface area contributed by atoms with E-state index in [1.807, 2.05) is 13.8 Å². The van der Waals surface area contributed by atoms with Crippen LogP contribution < -0.4 is 5.73 Å². The molecule has 0 saturated carbocycles. The minimum absolute atomic E-state index is 0.164. The highest BCUT2D eigenvalue weighted by Gasteiger charge is 2.11. The van der Waals surface area contributed by atoms with Crippen molar-refractivity contribution in [2.24, 2.45) is 5.73 Å². The van der Waals surface area contributed by atoms with Crippen molar-refractivity contribution in [1.82, 2.24) is 9.97 Å². The van der Waals surface area contributed by atoms with Gasteiger partial charge in [-0.2, -0.15) is 0 Å². The molecule has 1 unspecified atom stereocenters. The Kier molecular flexibility index (Phi) is 3.37. The third-order valence-electron chi connectivity index (χ3n) is 2.19. The van der Waals surface area contributed by atoms with Crippen LogP contribution in [0.5, 0.6) is 0 Å². The molecule has 1 atom stereocenters. The van der Waals surface area contributed by atoms with Crippen molar-refractivity contribution in [3.05, 3.63) is 20.3 Å². The van der Waals surface area contributed by atoms with Gasteiger partial charge in [-0.1, -0.05) is 0 Å². The number of aromatic nitrogens is 2. The highest BCUT2D eigenvalue weighted by atomic mass is 32.1. The number of nitrogens with zero attached hydrogens (tertiary/aromatic N) is 2. The van der Waals surface area contributed by atoms with E-state index in [1.165, 1.54) is 4.88 Å². The Morgan fingerprint density at radius 3 is 2.69 bits per heavy atom. The van der Waals surface area contributed by atoms with Crippen LogP contribution in [0, 0.1) is 13.8 Å². The summed E-state index contributed by atoms with van der Waals surface area (Å²) in [5.41, 5.74) is 7.77. The minimum Gasteiger partial charge on any atom is -0.328 e. The van der Waals surface area contributed by atoms with Gasteiger partial charge >= 0.3 is 0 Å². The molecule has 16 heavy (non-hydrogen) atoms. The fourth-order valence-electron chi connectivity index (χ4n) is 1.56. The van der Waals surface area contributed by atoms with Crippen molar-refractivity contribution in [3.63, 3.8) is 0 Å². The second-order valence-corrected chi connectivity index (χ2v) is 6.30. The maximum atomic E-state index is 5.76. The van der Waals surface area contributed by atoms with E-state index in [2.05, 4.69) is 22.3 Å². The van der Waals surface area contributed by atoms with E-state index in [9.17, 15) is 0 Å². The standard InChI is InChI=1S/C11H15N3S2/c1-6(12)4-10-14-9(5-15-10)11-7(2)16-8(3)13-11/h5-6H,4,12H2,1-3H3. The summed E-state index contributed by atoms with van der Waals surface area (Å²) in [6.07, 6.45) is 0.840. The number of hydrogen-bond acceptors (Lipinski definition) is 5. The van der Waals surface area contributed by atoms with Gasteiger partial charge in [0.25, 0.3) is 0 Å². The molecule has 0 saturated heterocycles. The van der Waals surface area contributed by atoms with E-state index >= 15 is 0 Å². The first-order valence-electron chi connectivity index (χ1n) is 5.20. The Morgan fingerprint density at radius 2 is 2.12 bits per heavy atom. The maximum Gasteiger partial charge on any atom is 0.104 e. The molecule has 86 valence electrons. The second kappa shape index (κ2) is 4.61. The molecule has 2 N–H and O–H groups in total. The van der Waals surface area contributed by atoms with Gasteiger partial charge in [-0.05, 0) is 20.8 Å². The van der Waals surface area contributed by atoms with E-state index < -0.39 is 0 Å². The molecule has 0 aliphatic rings. The minimum atomic E-state index is 0.164. The first-order chi connectivity index (χ1) is 7.56. The third-order valence-corrected chi connectivity index (χ3v) is 3.95. The number of nitrogens with two attached hydrogens (primary N) is 1. The lowest BCUT2D eigenvalue weighted by Crippen LogP contribution is -2.17. The molecule has 0 radical (unpaired) electrons. The molecule has 0 spiro atoms. The van der Waals surface area contributed by atoms with Crippen LogP contribution in [0.3, 0.4) is 0 Å². The van der Waals surface area contributed by atoms with Gasteiger partial charge in [0.15, 0.2) is 0 Å². The second-order valence-electron chi connectivity index (χ2n) is 3.95. The van der Waals surface area contributed by atoms with Gasteiger partial charge < -0.3 is 5.73 Å². The van der Waals surface area contributed by atoms with Crippen molar-refractivity contribution in [2.75, 3.05) is 0 Å². The fraction of sp³-hybridized carbons (Fsp3) is 0.455. The highest BCUT2D eigenvalue weighted by Crippen LogP contribution is 2.28. The van der Waals surface area contributed by atoms with E-state index in [0.717, 1.165) is 27.8 Å². The van der Waals surface area contributed by atoms with Crippen LogP contribution >= 0.6 is 22.7 Å². The van der Waals surface area contributed by atoms with Gasteiger partial charge in [0, 0.05) is 22.7 Å². The SMILES string of the molecule is Cc1nc(-c2csc(CC(C)N)n2)c(C)s1. The Hall–Kier alpha value is -0.780. The zero-order chi connectivity index (χ0) is 11.7. The molecule has 2 aromatic rings. The van der Waals surface area contributed by atoms with Crippen molar-refractivity contribution < 1.29 is 0 Å². The molecule has 0 aromatic carbocycles. The summed E-state index contributed by atoms with van der Waals surface area (Å²) in [6, 6.07) is 0.164. The van der Waals surface area contributed by atoms with Crippen molar-refractivity contribution in [1.29, 1.82) is 0 Å². The summed E-state index contributed by atoms with van der Waals surface area (Å²) in [5, 5.41) is 4.25. The summed E-state index contributed by atoms with van der Waals surface area (Å²) in [6.45, 7) is 6.11. The lowest BCUT2D eigenvalue weighted by Gasteiger charge is -1.99. The van der Waals surface area contributed by atoms with Crippen LogP contribution in [0.25, 0.3) is 11.4 Å². The quantitative estimate of drug-likeness (QED) is 0.915. The zero-order valence-electron chi connectivity index (χ0n) is 9.65. The lowest BCUT2D eigenvalue weighted by atomic mass is 10.2. The Bertz CT molecular complexity index is 485. The number of thiazole rings is 2. The lowest BCUT2D eigenvalue weighted by molar-refractivity contribution is 0.734. The van der Waals surface area contributed by atoms with Crippen LogP contribution in [0.1, 0.15) is 21.8 Å². The van der Waals surface area contributed by atoms with Crippen molar-refractivity contribution in [2.45, 2.75) is 33.2 Å². The smallest absolute Gasteiger partial charge is 0.104 e. The molecule has 2 rings (SSSR count). The summed E-state index contributed by atoms with van der Waals surface area (Å²) >= 11 is 3.38.